The number of hydrogen-bond donors (Lipinski definition) is 0. The first kappa shape index (κ1) is 7.54. The van der Waals surface area contributed by atoms with Crippen molar-refractivity contribution in [3.8, 4) is 0 Å². The summed E-state index contributed by atoms with van der Waals surface area (Å²) in [7, 11) is 1.50. The quantitative estimate of drug-likeness (QED) is 0.451. The first-order valence-corrected chi connectivity index (χ1v) is 3.87. The van der Waals surface area contributed by atoms with Crippen LogP contribution in [0.15, 0.2) is 0 Å². The topological polar surface area (TPSA) is 49.9 Å². The fraction of sp³-hybridized carbons (Fsp3) is 0.714. The first-order chi connectivity index (χ1) is 5.72. The standard InChI is InChI=1S/C7H10N2O3/c1-8-6(10)5-4-12-3-2-9(5)7(8)11/h5H,2-4H2,1H3. The van der Waals surface area contributed by atoms with E-state index >= 15 is 0 Å². The summed E-state index contributed by atoms with van der Waals surface area (Å²) in [5.74, 6) is -0.153. The van der Waals surface area contributed by atoms with Gasteiger partial charge in [0.05, 0.1) is 13.2 Å². The van der Waals surface area contributed by atoms with Gasteiger partial charge in [-0.2, -0.15) is 0 Å². The van der Waals surface area contributed by atoms with Crippen LogP contribution in [0, 0.1) is 0 Å². The minimum Gasteiger partial charge on any atom is -0.377 e. The average molecular weight is 170 g/mol. The van der Waals surface area contributed by atoms with E-state index in [1.165, 1.54) is 7.05 Å². The number of morpholine rings is 1. The molecule has 3 amide bonds. The highest BCUT2D eigenvalue weighted by Crippen LogP contribution is 2.18. The molecule has 0 aromatic carbocycles. The van der Waals surface area contributed by atoms with Gasteiger partial charge in [0.1, 0.15) is 6.04 Å². The van der Waals surface area contributed by atoms with Crippen LogP contribution in [0.4, 0.5) is 4.79 Å². The summed E-state index contributed by atoms with van der Waals surface area (Å²) in [4.78, 5) is 25.4. The molecule has 0 spiro atoms. The number of nitrogens with zero attached hydrogens (tertiary/aromatic N) is 2. The number of ether oxygens (including phenoxy) is 1. The van der Waals surface area contributed by atoms with Crippen LogP contribution in [0.5, 0.6) is 0 Å². The molecule has 2 aliphatic heterocycles. The van der Waals surface area contributed by atoms with Crippen molar-refractivity contribution in [2.24, 2.45) is 0 Å². The highest BCUT2D eigenvalue weighted by molar-refractivity contribution is 6.04. The van der Waals surface area contributed by atoms with Crippen molar-refractivity contribution in [1.82, 2.24) is 9.80 Å². The summed E-state index contributed by atoms with van der Waals surface area (Å²) >= 11 is 0. The van der Waals surface area contributed by atoms with E-state index < -0.39 is 0 Å². The molecule has 0 bridgehead atoms. The van der Waals surface area contributed by atoms with Crippen LogP contribution in [0.25, 0.3) is 0 Å². The summed E-state index contributed by atoms with van der Waals surface area (Å²) in [5, 5.41) is 0. The summed E-state index contributed by atoms with van der Waals surface area (Å²) in [6.07, 6.45) is 0. The Balaban J connectivity index is 2.25. The van der Waals surface area contributed by atoms with Crippen molar-refractivity contribution < 1.29 is 14.3 Å². The number of amides is 3. The van der Waals surface area contributed by atoms with E-state index in [4.69, 9.17) is 4.74 Å². The molecule has 0 radical (unpaired) electrons. The molecule has 0 aliphatic carbocycles. The minimum atomic E-state index is -0.365. The number of hydrogen-bond acceptors (Lipinski definition) is 3. The second kappa shape index (κ2) is 2.45. The van der Waals surface area contributed by atoms with E-state index in [-0.39, 0.29) is 18.0 Å². The summed E-state index contributed by atoms with van der Waals surface area (Å²) in [5.41, 5.74) is 0. The number of likely N-dealkylation sites (N-methyl/N-ethyl adjacent to an activating group) is 1. The van der Waals surface area contributed by atoms with Crippen LogP contribution in [-0.4, -0.2) is 54.6 Å². The van der Waals surface area contributed by atoms with Crippen molar-refractivity contribution in [3.63, 3.8) is 0 Å². The van der Waals surface area contributed by atoms with Crippen molar-refractivity contribution >= 4 is 11.9 Å². The van der Waals surface area contributed by atoms with Gasteiger partial charge in [0, 0.05) is 13.6 Å². The third kappa shape index (κ3) is 0.828. The lowest BCUT2D eigenvalue weighted by atomic mass is 10.2. The Kier molecular flexibility index (Phi) is 1.54. The lowest BCUT2D eigenvalue weighted by Gasteiger charge is -2.26. The summed E-state index contributed by atoms with van der Waals surface area (Å²) in [6.45, 7) is 1.40. The zero-order valence-electron chi connectivity index (χ0n) is 6.82. The molecule has 0 aromatic heterocycles. The maximum absolute atomic E-state index is 11.3. The van der Waals surface area contributed by atoms with Gasteiger partial charge in [-0.1, -0.05) is 0 Å². The van der Waals surface area contributed by atoms with Crippen LogP contribution in [-0.2, 0) is 9.53 Å². The molecule has 66 valence electrons. The molecule has 1 unspecified atom stereocenters. The maximum atomic E-state index is 11.3. The Labute approximate surface area is 69.9 Å². The monoisotopic (exact) mass is 170 g/mol. The molecule has 0 saturated carbocycles. The van der Waals surface area contributed by atoms with Gasteiger partial charge in [0.2, 0.25) is 0 Å². The highest BCUT2D eigenvalue weighted by atomic mass is 16.5. The number of fused-ring (bicyclic) bond motifs is 1. The van der Waals surface area contributed by atoms with E-state index in [1.807, 2.05) is 0 Å². The fourth-order valence-electron chi connectivity index (χ4n) is 1.55. The predicted molar refractivity (Wildman–Crippen MR) is 39.5 cm³/mol. The van der Waals surface area contributed by atoms with E-state index in [2.05, 4.69) is 0 Å². The van der Waals surface area contributed by atoms with Gasteiger partial charge >= 0.3 is 6.03 Å². The number of carbonyl (C=O) groups excluding carboxylic acids is 2. The Morgan fingerprint density at radius 2 is 2.25 bits per heavy atom. The van der Waals surface area contributed by atoms with E-state index in [0.717, 1.165) is 4.90 Å². The van der Waals surface area contributed by atoms with Gasteiger partial charge in [-0.15, -0.1) is 0 Å². The molecule has 2 heterocycles. The summed E-state index contributed by atoms with van der Waals surface area (Å²) in [6, 6.07) is -0.565. The van der Waals surface area contributed by atoms with Crippen LogP contribution >= 0.6 is 0 Å². The lowest BCUT2D eigenvalue weighted by Crippen LogP contribution is -2.45. The van der Waals surface area contributed by atoms with Crippen molar-refractivity contribution in [2.45, 2.75) is 6.04 Å². The normalized spacial score (nSPS) is 29.6. The van der Waals surface area contributed by atoms with Crippen molar-refractivity contribution in [3.05, 3.63) is 0 Å². The number of urea groups is 1. The molecular weight excluding hydrogens is 160 g/mol. The van der Waals surface area contributed by atoms with Gasteiger partial charge in [0.25, 0.3) is 5.91 Å². The molecular formula is C7H10N2O3. The van der Waals surface area contributed by atoms with Crippen LogP contribution in [0.2, 0.25) is 0 Å². The molecule has 1 atom stereocenters. The van der Waals surface area contributed by atoms with Gasteiger partial charge in [-0.25, -0.2) is 4.79 Å². The predicted octanol–water partition coefficient (Wildman–Crippen LogP) is -0.721. The Morgan fingerprint density at radius 3 is 2.92 bits per heavy atom. The molecule has 2 saturated heterocycles. The fourth-order valence-corrected chi connectivity index (χ4v) is 1.55. The number of imide groups is 1. The van der Waals surface area contributed by atoms with Gasteiger partial charge in [0.15, 0.2) is 0 Å². The Hall–Kier alpha value is -1.10. The number of rotatable bonds is 0. The van der Waals surface area contributed by atoms with Crippen molar-refractivity contribution in [1.29, 1.82) is 0 Å². The van der Waals surface area contributed by atoms with E-state index in [9.17, 15) is 9.59 Å². The third-order valence-electron chi connectivity index (χ3n) is 2.28. The zero-order valence-corrected chi connectivity index (χ0v) is 6.82. The molecule has 0 aromatic rings. The highest BCUT2D eigenvalue weighted by Gasteiger charge is 2.44. The van der Waals surface area contributed by atoms with Gasteiger partial charge in [-0.05, 0) is 0 Å². The lowest BCUT2D eigenvalue weighted by molar-refractivity contribution is -0.130. The molecule has 5 nitrogen and oxygen atoms in total. The molecule has 5 heteroatoms. The van der Waals surface area contributed by atoms with Crippen molar-refractivity contribution in [2.75, 3.05) is 26.8 Å². The Bertz CT molecular complexity index is 217. The van der Waals surface area contributed by atoms with Crippen LogP contribution < -0.4 is 0 Å². The molecule has 0 N–H and O–H groups in total. The smallest absolute Gasteiger partial charge is 0.327 e. The zero-order chi connectivity index (χ0) is 8.72. The molecule has 2 aliphatic rings. The number of carbonyl (C=O) groups is 2. The van der Waals surface area contributed by atoms with Gasteiger partial charge < -0.3 is 9.64 Å². The third-order valence-corrected chi connectivity index (χ3v) is 2.28. The first-order valence-electron chi connectivity index (χ1n) is 3.87. The second-order valence-corrected chi connectivity index (χ2v) is 2.96. The second-order valence-electron chi connectivity index (χ2n) is 2.96. The average Bonchev–Trinajstić information content (AvgIpc) is 2.33. The molecule has 12 heavy (non-hydrogen) atoms. The van der Waals surface area contributed by atoms with E-state index in [0.29, 0.717) is 19.8 Å². The summed E-state index contributed by atoms with van der Waals surface area (Å²) < 4.78 is 5.11. The maximum Gasteiger partial charge on any atom is 0.327 e. The molecule has 2 rings (SSSR count). The Morgan fingerprint density at radius 1 is 1.50 bits per heavy atom. The van der Waals surface area contributed by atoms with Crippen LogP contribution in [0.1, 0.15) is 0 Å². The largest absolute Gasteiger partial charge is 0.377 e. The minimum absolute atomic E-state index is 0.153. The SMILES string of the molecule is CN1C(=O)C2COCCN2C1=O. The van der Waals surface area contributed by atoms with E-state index in [1.54, 1.807) is 4.90 Å². The van der Waals surface area contributed by atoms with Gasteiger partial charge in [-0.3, -0.25) is 9.69 Å². The molecule has 2 fully saturated rings. The van der Waals surface area contributed by atoms with Crippen LogP contribution in [0.3, 0.4) is 0 Å².